The van der Waals surface area contributed by atoms with E-state index in [1.807, 2.05) is 0 Å². The number of hydrogen-bond donors (Lipinski definition) is 1. The van der Waals surface area contributed by atoms with E-state index in [-0.39, 0.29) is 30.6 Å². The van der Waals surface area contributed by atoms with E-state index in [1.165, 1.54) is 26.8 Å². The van der Waals surface area contributed by atoms with Crippen molar-refractivity contribution in [3.05, 3.63) is 80.7 Å². The van der Waals surface area contributed by atoms with Gasteiger partial charge in [-0.1, -0.05) is 11.6 Å². The van der Waals surface area contributed by atoms with E-state index >= 15 is 0 Å². The average Bonchev–Trinajstić information content (AvgIpc) is 2.87. The third-order valence-corrected chi connectivity index (χ3v) is 6.24. The Morgan fingerprint density at radius 2 is 1.76 bits per heavy atom. The Labute approximate surface area is 221 Å². The SMILES string of the molecule is CN(Nc1nc2c(c(=O)n1N(C)C)CN(C(=O)COc1ccc(Cl)cc1)CC2)c1ccc(C(F)(F)F)cc1. The first-order valence-electron chi connectivity index (χ1n) is 11.6. The van der Waals surface area contributed by atoms with Gasteiger partial charge in [0, 0.05) is 39.1 Å². The summed E-state index contributed by atoms with van der Waals surface area (Å²) in [4.78, 5) is 32.4. The second-order valence-electron chi connectivity index (χ2n) is 8.85. The van der Waals surface area contributed by atoms with Gasteiger partial charge in [0.15, 0.2) is 6.61 Å². The molecule has 1 aliphatic heterocycles. The minimum absolute atomic E-state index is 0.0762. The Balaban J connectivity index is 1.51. The first kappa shape index (κ1) is 27.1. The van der Waals surface area contributed by atoms with Gasteiger partial charge in [-0.15, -0.1) is 0 Å². The molecule has 2 heterocycles. The molecule has 1 aromatic heterocycles. The second-order valence-corrected chi connectivity index (χ2v) is 9.28. The molecular formula is C25H26ClF3N6O3. The lowest BCUT2D eigenvalue weighted by atomic mass is 10.1. The van der Waals surface area contributed by atoms with E-state index in [9.17, 15) is 22.8 Å². The van der Waals surface area contributed by atoms with Gasteiger partial charge in [0.05, 0.1) is 29.1 Å². The molecule has 0 saturated carbocycles. The van der Waals surface area contributed by atoms with E-state index in [1.54, 1.807) is 50.3 Å². The van der Waals surface area contributed by atoms with Gasteiger partial charge in [0.2, 0.25) is 5.95 Å². The highest BCUT2D eigenvalue weighted by atomic mass is 35.5. The van der Waals surface area contributed by atoms with Gasteiger partial charge in [-0.05, 0) is 48.5 Å². The topological polar surface area (TPSA) is 82.9 Å². The van der Waals surface area contributed by atoms with Crippen LogP contribution in [0.2, 0.25) is 5.02 Å². The molecule has 0 aliphatic carbocycles. The van der Waals surface area contributed by atoms with Crippen LogP contribution in [0.4, 0.5) is 24.8 Å². The molecule has 0 spiro atoms. The molecule has 3 aromatic rings. The molecule has 1 N–H and O–H groups in total. The number of hydrogen-bond acceptors (Lipinski definition) is 7. The Hall–Kier alpha value is -3.93. The number of rotatable bonds is 7. The monoisotopic (exact) mass is 550 g/mol. The number of anilines is 2. The van der Waals surface area contributed by atoms with Gasteiger partial charge >= 0.3 is 6.18 Å². The zero-order valence-electron chi connectivity index (χ0n) is 20.9. The lowest BCUT2D eigenvalue weighted by molar-refractivity contribution is -0.137. The van der Waals surface area contributed by atoms with E-state index < -0.39 is 11.7 Å². The number of nitrogens with one attached hydrogen (secondary N) is 1. The number of carbonyl (C=O) groups excluding carboxylic acids is 1. The van der Waals surface area contributed by atoms with Gasteiger partial charge < -0.3 is 14.6 Å². The zero-order valence-corrected chi connectivity index (χ0v) is 21.7. The van der Waals surface area contributed by atoms with Crippen LogP contribution in [0, 0.1) is 0 Å². The quantitative estimate of drug-likeness (QED) is 0.451. The maximum Gasteiger partial charge on any atom is 0.416 e. The summed E-state index contributed by atoms with van der Waals surface area (Å²) in [5.41, 5.74) is 3.23. The number of aromatic nitrogens is 2. The minimum atomic E-state index is -4.44. The van der Waals surface area contributed by atoms with E-state index in [0.29, 0.717) is 40.7 Å². The molecule has 38 heavy (non-hydrogen) atoms. The Bertz CT molecular complexity index is 1360. The van der Waals surface area contributed by atoms with Crippen LogP contribution in [0.25, 0.3) is 0 Å². The van der Waals surface area contributed by atoms with Crippen molar-refractivity contribution < 1.29 is 22.7 Å². The lowest BCUT2D eigenvalue weighted by Gasteiger charge is -2.31. The predicted molar refractivity (Wildman–Crippen MR) is 138 cm³/mol. The van der Waals surface area contributed by atoms with Crippen molar-refractivity contribution in [1.29, 1.82) is 0 Å². The number of ether oxygens (including phenoxy) is 1. The highest BCUT2D eigenvalue weighted by Crippen LogP contribution is 2.30. The zero-order chi connectivity index (χ0) is 27.6. The first-order chi connectivity index (χ1) is 17.9. The van der Waals surface area contributed by atoms with Crippen LogP contribution in [-0.4, -0.2) is 54.8 Å². The standard InChI is InChI=1S/C25H26ClF3N6O3/c1-32(2)35-23(37)20-14-34(22(36)15-38-19-10-6-17(26)7-11-19)13-12-21(20)30-24(35)31-33(3)18-8-4-16(5-9-18)25(27,28)29/h4-11H,12-15H2,1-3H3,(H,30,31). The average molecular weight is 551 g/mol. The van der Waals surface area contributed by atoms with Gasteiger partial charge in [-0.25, -0.2) is 4.98 Å². The fourth-order valence-corrected chi connectivity index (χ4v) is 4.10. The molecule has 1 amide bonds. The highest BCUT2D eigenvalue weighted by Gasteiger charge is 2.30. The number of benzene rings is 2. The molecule has 2 aromatic carbocycles. The van der Waals surface area contributed by atoms with Crippen LogP contribution in [0.5, 0.6) is 5.75 Å². The molecule has 4 rings (SSSR count). The van der Waals surface area contributed by atoms with Gasteiger partial charge in [-0.2, -0.15) is 17.8 Å². The number of fused-ring (bicyclic) bond motifs is 1. The first-order valence-corrected chi connectivity index (χ1v) is 12.0. The van der Waals surface area contributed by atoms with Gasteiger partial charge in [0.1, 0.15) is 5.75 Å². The van der Waals surface area contributed by atoms with Gasteiger partial charge in [0.25, 0.3) is 11.5 Å². The summed E-state index contributed by atoms with van der Waals surface area (Å²) in [6.45, 7) is 0.235. The molecule has 202 valence electrons. The van der Waals surface area contributed by atoms with Crippen LogP contribution in [0.1, 0.15) is 16.8 Å². The predicted octanol–water partition coefficient (Wildman–Crippen LogP) is 3.54. The van der Waals surface area contributed by atoms with Crippen LogP contribution in [0.15, 0.2) is 53.3 Å². The van der Waals surface area contributed by atoms with Crippen molar-refractivity contribution in [1.82, 2.24) is 14.6 Å². The number of nitrogens with zero attached hydrogens (tertiary/aromatic N) is 5. The molecule has 0 unspecified atom stereocenters. The number of hydrazine groups is 1. The molecule has 0 radical (unpaired) electrons. The summed E-state index contributed by atoms with van der Waals surface area (Å²) in [5.74, 6) is 0.419. The Morgan fingerprint density at radius 3 is 2.37 bits per heavy atom. The van der Waals surface area contributed by atoms with E-state index in [4.69, 9.17) is 16.3 Å². The lowest BCUT2D eigenvalue weighted by Crippen LogP contribution is -2.47. The summed E-state index contributed by atoms with van der Waals surface area (Å²) in [5, 5.41) is 3.56. The summed E-state index contributed by atoms with van der Waals surface area (Å²) in [7, 11) is 4.92. The number of halogens is 4. The maximum atomic E-state index is 13.4. The normalized spacial score (nSPS) is 13.1. The van der Waals surface area contributed by atoms with Crippen molar-refractivity contribution in [2.24, 2.45) is 0 Å². The molecular weight excluding hydrogens is 525 g/mol. The third-order valence-electron chi connectivity index (χ3n) is 5.99. The third kappa shape index (κ3) is 5.96. The molecule has 0 saturated heterocycles. The molecule has 0 bridgehead atoms. The summed E-state index contributed by atoms with van der Waals surface area (Å²) < 4.78 is 45.6. The highest BCUT2D eigenvalue weighted by molar-refractivity contribution is 6.30. The summed E-state index contributed by atoms with van der Waals surface area (Å²) in [6, 6.07) is 11.3. The van der Waals surface area contributed by atoms with Crippen molar-refractivity contribution in [3.8, 4) is 5.75 Å². The van der Waals surface area contributed by atoms with Crippen molar-refractivity contribution >= 4 is 29.1 Å². The maximum absolute atomic E-state index is 13.4. The molecule has 0 atom stereocenters. The van der Waals surface area contributed by atoms with Crippen LogP contribution in [0.3, 0.4) is 0 Å². The smallest absolute Gasteiger partial charge is 0.416 e. The molecule has 9 nitrogen and oxygen atoms in total. The van der Waals surface area contributed by atoms with E-state index in [2.05, 4.69) is 10.4 Å². The largest absolute Gasteiger partial charge is 0.484 e. The van der Waals surface area contributed by atoms with Crippen LogP contribution >= 0.6 is 11.6 Å². The molecule has 0 fully saturated rings. The van der Waals surface area contributed by atoms with Crippen molar-refractivity contribution in [3.63, 3.8) is 0 Å². The van der Waals surface area contributed by atoms with Crippen LogP contribution in [-0.2, 0) is 23.9 Å². The Morgan fingerprint density at radius 1 is 1.11 bits per heavy atom. The van der Waals surface area contributed by atoms with Crippen molar-refractivity contribution in [2.45, 2.75) is 19.1 Å². The molecule has 13 heteroatoms. The number of amides is 1. The summed E-state index contributed by atoms with van der Waals surface area (Å²) >= 11 is 5.87. The second kappa shape index (κ2) is 10.8. The minimum Gasteiger partial charge on any atom is -0.484 e. The Kier molecular flexibility index (Phi) is 7.72. The van der Waals surface area contributed by atoms with E-state index in [0.717, 1.165) is 12.1 Å². The fourth-order valence-electron chi connectivity index (χ4n) is 3.98. The summed E-state index contributed by atoms with van der Waals surface area (Å²) in [6.07, 6.45) is -4.09. The van der Waals surface area contributed by atoms with Crippen LogP contribution < -0.4 is 25.7 Å². The fraction of sp³-hybridized carbons (Fsp3) is 0.320. The number of alkyl halides is 3. The van der Waals surface area contributed by atoms with Crippen molar-refractivity contribution in [2.75, 3.05) is 49.7 Å². The number of carbonyl (C=O) groups is 1. The molecule has 1 aliphatic rings. The van der Waals surface area contributed by atoms with Gasteiger partial charge in [-0.3, -0.25) is 20.0 Å².